The van der Waals surface area contributed by atoms with Crippen LogP contribution in [-0.4, -0.2) is 32.5 Å². The number of alkyl halides is 3. The van der Waals surface area contributed by atoms with Gasteiger partial charge in [0, 0.05) is 10.9 Å². The third kappa shape index (κ3) is 6.26. The molecule has 0 fully saturated rings. The molecule has 1 N–H and O–H groups in total. The molecule has 1 aromatic rings. The molecule has 0 radical (unpaired) electrons. The molecule has 0 saturated heterocycles. The molecule has 17 heavy (non-hydrogen) atoms. The summed E-state index contributed by atoms with van der Waals surface area (Å²) >= 11 is 7.19. The molecule has 98 valence electrons. The molecule has 0 saturated carbocycles. The Bertz CT molecular complexity index is 343. The number of hydrogen-bond donors (Lipinski definition) is 1. The van der Waals surface area contributed by atoms with Crippen LogP contribution >= 0.6 is 22.9 Å². The second-order valence-corrected chi connectivity index (χ2v) is 5.33. The van der Waals surface area contributed by atoms with Crippen LogP contribution in [-0.2, 0) is 11.2 Å². The Balaban J connectivity index is 2.34. The lowest BCUT2D eigenvalue weighted by atomic mass is 10.2. The number of hydrogen-bond acceptors (Lipinski definition) is 3. The van der Waals surface area contributed by atoms with Crippen molar-refractivity contribution in [1.82, 2.24) is 5.32 Å². The van der Waals surface area contributed by atoms with Gasteiger partial charge in [-0.3, -0.25) is 0 Å². The van der Waals surface area contributed by atoms with Gasteiger partial charge in [0.25, 0.3) is 0 Å². The van der Waals surface area contributed by atoms with Crippen LogP contribution in [0.2, 0.25) is 4.34 Å². The Morgan fingerprint density at radius 3 is 2.65 bits per heavy atom. The lowest BCUT2D eigenvalue weighted by Gasteiger charge is -2.16. The van der Waals surface area contributed by atoms with Gasteiger partial charge in [-0.25, -0.2) is 0 Å². The lowest BCUT2D eigenvalue weighted by Crippen LogP contribution is -2.33. The van der Waals surface area contributed by atoms with Gasteiger partial charge in [0.1, 0.15) is 6.61 Å². The van der Waals surface area contributed by atoms with Crippen LogP contribution < -0.4 is 5.32 Å². The van der Waals surface area contributed by atoms with E-state index < -0.39 is 12.8 Å². The average Bonchev–Trinajstić information content (AvgIpc) is 2.60. The fourth-order valence-corrected chi connectivity index (χ4v) is 2.43. The molecule has 0 amide bonds. The largest absolute Gasteiger partial charge is 0.411 e. The second-order valence-electron chi connectivity index (χ2n) is 3.53. The molecule has 1 atom stereocenters. The summed E-state index contributed by atoms with van der Waals surface area (Å²) in [4.78, 5) is 1.02. The molecule has 1 aromatic heterocycles. The molecule has 0 aliphatic heterocycles. The van der Waals surface area contributed by atoms with Crippen molar-refractivity contribution in [3.63, 3.8) is 0 Å². The molecule has 0 aliphatic carbocycles. The summed E-state index contributed by atoms with van der Waals surface area (Å²) in [6, 6.07) is 3.48. The van der Waals surface area contributed by atoms with Crippen LogP contribution in [0.3, 0.4) is 0 Å². The molecule has 0 bridgehead atoms. The summed E-state index contributed by atoms with van der Waals surface area (Å²) in [5.41, 5.74) is 0. The average molecular weight is 288 g/mol. The van der Waals surface area contributed by atoms with Crippen molar-refractivity contribution in [3.05, 3.63) is 21.3 Å². The summed E-state index contributed by atoms with van der Waals surface area (Å²) in [6.45, 7) is -1.19. The van der Waals surface area contributed by atoms with Crippen LogP contribution in [0.25, 0.3) is 0 Å². The third-order valence-corrected chi connectivity index (χ3v) is 3.32. The normalized spacial score (nSPS) is 13.9. The van der Waals surface area contributed by atoms with Gasteiger partial charge in [-0.1, -0.05) is 11.6 Å². The van der Waals surface area contributed by atoms with Crippen molar-refractivity contribution < 1.29 is 17.9 Å². The smallest absolute Gasteiger partial charge is 0.370 e. The third-order valence-electron chi connectivity index (χ3n) is 2.07. The van der Waals surface area contributed by atoms with Crippen LogP contribution in [0.15, 0.2) is 12.1 Å². The molecule has 2 nitrogen and oxygen atoms in total. The maximum Gasteiger partial charge on any atom is 0.411 e. The first kappa shape index (κ1) is 14.8. The molecule has 0 aliphatic rings. The zero-order valence-electron chi connectivity index (χ0n) is 9.18. The van der Waals surface area contributed by atoms with E-state index >= 15 is 0 Å². The Morgan fingerprint density at radius 2 is 2.18 bits per heavy atom. The Labute approximate surface area is 107 Å². The zero-order chi connectivity index (χ0) is 12.9. The van der Waals surface area contributed by atoms with Crippen molar-refractivity contribution in [2.24, 2.45) is 0 Å². The minimum atomic E-state index is -4.27. The van der Waals surface area contributed by atoms with Crippen molar-refractivity contribution in [2.45, 2.75) is 18.6 Å². The second kappa shape index (κ2) is 6.58. The summed E-state index contributed by atoms with van der Waals surface area (Å²) in [6.07, 6.45) is -3.67. The number of thiophene rings is 1. The number of halogens is 4. The predicted octanol–water partition coefficient (Wildman–Crippen LogP) is 3.11. The fourth-order valence-electron chi connectivity index (χ4n) is 1.27. The highest BCUT2D eigenvalue weighted by molar-refractivity contribution is 7.16. The number of nitrogens with one attached hydrogen (secondary N) is 1. The minimum absolute atomic E-state index is 0.0194. The van der Waals surface area contributed by atoms with Crippen molar-refractivity contribution in [2.75, 3.05) is 20.3 Å². The fraction of sp³-hybridized carbons (Fsp3) is 0.600. The van der Waals surface area contributed by atoms with Gasteiger partial charge in [-0.05, 0) is 25.6 Å². The van der Waals surface area contributed by atoms with Crippen LogP contribution in [0, 0.1) is 0 Å². The molecule has 7 heteroatoms. The summed E-state index contributed by atoms with van der Waals surface area (Å²) < 4.78 is 40.9. The zero-order valence-corrected chi connectivity index (χ0v) is 10.8. The van der Waals surface area contributed by atoms with Crippen LogP contribution in [0.4, 0.5) is 13.2 Å². The molecular weight excluding hydrogens is 275 g/mol. The molecule has 1 rings (SSSR count). The van der Waals surface area contributed by atoms with Crippen molar-refractivity contribution >= 4 is 22.9 Å². The number of ether oxygens (including phenoxy) is 1. The molecule has 1 unspecified atom stereocenters. The molecular formula is C10H13ClF3NOS. The molecule has 0 spiro atoms. The van der Waals surface area contributed by atoms with Crippen molar-refractivity contribution in [3.8, 4) is 0 Å². The number of likely N-dealkylation sites (N-methyl/N-ethyl adjacent to an activating group) is 1. The highest BCUT2D eigenvalue weighted by atomic mass is 35.5. The van der Waals surface area contributed by atoms with Gasteiger partial charge in [0.2, 0.25) is 0 Å². The summed E-state index contributed by atoms with van der Waals surface area (Å²) in [5.74, 6) is 0. The standard InChI is InChI=1S/C10H13ClF3NOS/c1-15-7(5-16-6-10(12,13)14)4-8-2-3-9(11)17-8/h2-3,7,15H,4-6H2,1H3. The first-order valence-corrected chi connectivity index (χ1v) is 6.16. The highest BCUT2D eigenvalue weighted by Crippen LogP contribution is 2.22. The van der Waals surface area contributed by atoms with Crippen molar-refractivity contribution in [1.29, 1.82) is 0 Å². The summed E-state index contributed by atoms with van der Waals surface area (Å²) in [5, 5.41) is 2.92. The number of rotatable bonds is 6. The van der Waals surface area contributed by atoms with Gasteiger partial charge >= 0.3 is 6.18 Å². The monoisotopic (exact) mass is 287 g/mol. The molecule has 0 aromatic carbocycles. The van der Waals surface area contributed by atoms with E-state index in [1.54, 1.807) is 13.1 Å². The van der Waals surface area contributed by atoms with E-state index in [4.69, 9.17) is 11.6 Å². The van der Waals surface area contributed by atoms with E-state index in [0.29, 0.717) is 10.8 Å². The van der Waals surface area contributed by atoms with Gasteiger partial charge in [-0.2, -0.15) is 13.2 Å². The maximum absolute atomic E-state index is 11.9. The van der Waals surface area contributed by atoms with E-state index in [0.717, 1.165) is 4.88 Å². The summed E-state index contributed by atoms with van der Waals surface area (Å²) in [7, 11) is 1.69. The van der Waals surface area contributed by atoms with Gasteiger partial charge in [-0.15, -0.1) is 11.3 Å². The van der Waals surface area contributed by atoms with Gasteiger partial charge in [0.15, 0.2) is 0 Å². The molecule has 1 heterocycles. The maximum atomic E-state index is 11.9. The minimum Gasteiger partial charge on any atom is -0.370 e. The lowest BCUT2D eigenvalue weighted by molar-refractivity contribution is -0.175. The first-order chi connectivity index (χ1) is 7.90. The Morgan fingerprint density at radius 1 is 1.47 bits per heavy atom. The predicted molar refractivity (Wildman–Crippen MR) is 62.8 cm³/mol. The van der Waals surface area contributed by atoms with E-state index in [1.165, 1.54) is 11.3 Å². The van der Waals surface area contributed by atoms with E-state index in [1.807, 2.05) is 6.07 Å². The highest BCUT2D eigenvalue weighted by Gasteiger charge is 2.27. The quantitative estimate of drug-likeness (QED) is 0.868. The van der Waals surface area contributed by atoms with E-state index in [2.05, 4.69) is 10.1 Å². The van der Waals surface area contributed by atoms with Crippen LogP contribution in [0.1, 0.15) is 4.88 Å². The van der Waals surface area contributed by atoms with E-state index in [-0.39, 0.29) is 12.6 Å². The van der Waals surface area contributed by atoms with Crippen LogP contribution in [0.5, 0.6) is 0 Å². The topological polar surface area (TPSA) is 21.3 Å². The Kier molecular flexibility index (Phi) is 5.72. The van der Waals surface area contributed by atoms with Gasteiger partial charge in [0.05, 0.1) is 10.9 Å². The van der Waals surface area contributed by atoms with Gasteiger partial charge < -0.3 is 10.1 Å². The first-order valence-electron chi connectivity index (χ1n) is 4.96. The SMILES string of the molecule is CNC(COCC(F)(F)F)Cc1ccc(Cl)s1. The van der Waals surface area contributed by atoms with E-state index in [9.17, 15) is 13.2 Å². The Hall–Kier alpha value is -0.300.